The van der Waals surface area contributed by atoms with E-state index in [2.05, 4.69) is 13.8 Å². The highest BCUT2D eigenvalue weighted by Gasteiger charge is 2.09. The lowest BCUT2D eigenvalue weighted by Gasteiger charge is -2.06. The van der Waals surface area contributed by atoms with Gasteiger partial charge in [0.2, 0.25) is 0 Å². The Kier molecular flexibility index (Phi) is 5.81. The largest absolute Gasteiger partial charge is 0.295 e. The molecule has 0 rings (SSSR count). The first kappa shape index (κ1) is 10.4. The minimum Gasteiger partial charge on any atom is -0.295 e. The fourth-order valence-electron chi connectivity index (χ4n) is 1.06. The van der Waals surface area contributed by atoms with Gasteiger partial charge in [-0.2, -0.15) is 0 Å². The van der Waals surface area contributed by atoms with Crippen LogP contribution in [-0.2, 0) is 4.79 Å². The van der Waals surface area contributed by atoms with Crippen molar-refractivity contribution >= 4 is 5.78 Å². The molecule has 11 heavy (non-hydrogen) atoms. The van der Waals surface area contributed by atoms with Crippen molar-refractivity contribution in [3.63, 3.8) is 0 Å². The molecule has 0 aliphatic carbocycles. The molecule has 0 atom stereocenters. The first-order valence-electron chi connectivity index (χ1n) is 4.46. The van der Waals surface area contributed by atoms with Gasteiger partial charge >= 0.3 is 0 Å². The molecular weight excluding hydrogens is 136 g/mol. The fraction of sp³-hybridized carbons (Fsp3) is 0.700. The zero-order valence-electron chi connectivity index (χ0n) is 7.76. The maximum Gasteiger partial charge on any atom is 0.158 e. The van der Waals surface area contributed by atoms with Gasteiger partial charge in [0.25, 0.3) is 0 Å². The second-order valence-corrected chi connectivity index (χ2v) is 2.73. The molecule has 0 unspecified atom stereocenters. The number of carbonyl (C=O) groups excluding carboxylic acids is 1. The number of carbonyl (C=O) groups is 1. The van der Waals surface area contributed by atoms with E-state index in [0.717, 1.165) is 19.3 Å². The molecule has 0 fully saturated rings. The van der Waals surface area contributed by atoms with Gasteiger partial charge in [-0.1, -0.05) is 26.8 Å². The van der Waals surface area contributed by atoms with Gasteiger partial charge in [0, 0.05) is 5.92 Å². The van der Waals surface area contributed by atoms with Gasteiger partial charge in [0.05, 0.1) is 0 Å². The Morgan fingerprint density at radius 3 is 2.18 bits per heavy atom. The predicted octanol–water partition coefficient (Wildman–Crippen LogP) is 2.96. The number of hydrogen-bond donors (Lipinski definition) is 0. The fourth-order valence-corrected chi connectivity index (χ4v) is 1.06. The Bertz CT molecular complexity index is 132. The van der Waals surface area contributed by atoms with Crippen LogP contribution in [0, 0.1) is 5.92 Å². The molecule has 0 saturated heterocycles. The quantitative estimate of drug-likeness (QED) is 0.556. The molecule has 0 aliphatic heterocycles. The molecule has 1 nitrogen and oxygen atoms in total. The third-order valence-electron chi connectivity index (χ3n) is 1.91. The molecule has 0 aliphatic rings. The Morgan fingerprint density at radius 2 is 1.82 bits per heavy atom. The van der Waals surface area contributed by atoms with Crippen LogP contribution in [0.5, 0.6) is 0 Å². The average Bonchev–Trinajstić information content (AvgIpc) is 2.03. The van der Waals surface area contributed by atoms with Crippen molar-refractivity contribution in [1.29, 1.82) is 0 Å². The van der Waals surface area contributed by atoms with Crippen molar-refractivity contribution in [2.75, 3.05) is 0 Å². The lowest BCUT2D eigenvalue weighted by atomic mass is 9.98. The monoisotopic (exact) mass is 154 g/mol. The minimum absolute atomic E-state index is 0.248. The molecule has 0 radical (unpaired) electrons. The van der Waals surface area contributed by atoms with Crippen molar-refractivity contribution in [1.82, 2.24) is 0 Å². The summed E-state index contributed by atoms with van der Waals surface area (Å²) >= 11 is 0. The summed E-state index contributed by atoms with van der Waals surface area (Å²) in [5, 5.41) is 0. The minimum atomic E-state index is 0.248. The summed E-state index contributed by atoms with van der Waals surface area (Å²) in [6.45, 7) is 6.16. The second kappa shape index (κ2) is 6.14. The van der Waals surface area contributed by atoms with Crippen molar-refractivity contribution in [2.24, 2.45) is 5.92 Å². The lowest BCUT2D eigenvalue weighted by Crippen LogP contribution is -2.09. The number of rotatable bonds is 5. The Hall–Kier alpha value is -0.590. The smallest absolute Gasteiger partial charge is 0.158 e. The lowest BCUT2D eigenvalue weighted by molar-refractivity contribution is -0.118. The molecule has 0 amide bonds. The summed E-state index contributed by atoms with van der Waals surface area (Å²) < 4.78 is 0. The van der Waals surface area contributed by atoms with E-state index in [0.29, 0.717) is 0 Å². The normalized spacial score (nSPS) is 11.3. The molecule has 0 aromatic carbocycles. The third kappa shape index (κ3) is 3.97. The van der Waals surface area contributed by atoms with E-state index in [-0.39, 0.29) is 11.7 Å². The van der Waals surface area contributed by atoms with Crippen LogP contribution in [0.4, 0.5) is 0 Å². The van der Waals surface area contributed by atoms with E-state index in [1.807, 2.05) is 13.0 Å². The highest BCUT2D eigenvalue weighted by Crippen LogP contribution is 2.09. The topological polar surface area (TPSA) is 17.1 Å². The van der Waals surface area contributed by atoms with E-state index >= 15 is 0 Å². The van der Waals surface area contributed by atoms with Gasteiger partial charge in [0.1, 0.15) is 0 Å². The van der Waals surface area contributed by atoms with Crippen molar-refractivity contribution in [2.45, 2.75) is 40.0 Å². The van der Waals surface area contributed by atoms with Crippen molar-refractivity contribution in [3.8, 4) is 0 Å². The van der Waals surface area contributed by atoms with E-state index in [4.69, 9.17) is 0 Å². The molecular formula is C10H18O. The van der Waals surface area contributed by atoms with E-state index in [1.54, 1.807) is 6.08 Å². The molecule has 0 spiro atoms. The molecule has 0 aromatic heterocycles. The van der Waals surface area contributed by atoms with Gasteiger partial charge in [-0.15, -0.1) is 0 Å². The second-order valence-electron chi connectivity index (χ2n) is 2.73. The number of allylic oxidation sites excluding steroid dienone is 2. The average molecular weight is 154 g/mol. The van der Waals surface area contributed by atoms with E-state index < -0.39 is 0 Å². The van der Waals surface area contributed by atoms with Crippen LogP contribution in [-0.4, -0.2) is 5.78 Å². The maximum atomic E-state index is 11.3. The molecule has 0 saturated carbocycles. The predicted molar refractivity (Wildman–Crippen MR) is 48.5 cm³/mol. The SMILES string of the molecule is CC/C=C/C(=O)C(CC)CC. The molecule has 0 N–H and O–H groups in total. The highest BCUT2D eigenvalue weighted by atomic mass is 16.1. The molecule has 0 heterocycles. The zero-order chi connectivity index (χ0) is 8.69. The van der Waals surface area contributed by atoms with Gasteiger partial charge in [-0.25, -0.2) is 0 Å². The highest BCUT2D eigenvalue weighted by molar-refractivity contribution is 5.91. The molecule has 64 valence electrons. The first-order valence-corrected chi connectivity index (χ1v) is 4.46. The van der Waals surface area contributed by atoms with Crippen molar-refractivity contribution < 1.29 is 4.79 Å². The summed E-state index contributed by atoms with van der Waals surface area (Å²) in [5.41, 5.74) is 0. The zero-order valence-corrected chi connectivity index (χ0v) is 7.76. The summed E-state index contributed by atoms with van der Waals surface area (Å²) in [7, 11) is 0. The molecule has 1 heteroatoms. The summed E-state index contributed by atoms with van der Waals surface area (Å²) in [6, 6.07) is 0. The standard InChI is InChI=1S/C10H18O/c1-4-7-8-10(11)9(5-2)6-3/h7-9H,4-6H2,1-3H3/b8-7+. The van der Waals surface area contributed by atoms with E-state index in [1.165, 1.54) is 0 Å². The van der Waals surface area contributed by atoms with Crippen LogP contribution >= 0.6 is 0 Å². The van der Waals surface area contributed by atoms with Crippen LogP contribution < -0.4 is 0 Å². The third-order valence-corrected chi connectivity index (χ3v) is 1.91. The Morgan fingerprint density at radius 1 is 1.27 bits per heavy atom. The number of ketones is 1. The number of hydrogen-bond acceptors (Lipinski definition) is 1. The molecule has 0 aromatic rings. The van der Waals surface area contributed by atoms with Crippen LogP contribution in [0.2, 0.25) is 0 Å². The first-order chi connectivity index (χ1) is 5.26. The van der Waals surface area contributed by atoms with Crippen LogP contribution in [0.3, 0.4) is 0 Å². The maximum absolute atomic E-state index is 11.3. The Balaban J connectivity index is 3.88. The summed E-state index contributed by atoms with van der Waals surface area (Å²) in [5.74, 6) is 0.537. The van der Waals surface area contributed by atoms with Gasteiger partial charge < -0.3 is 0 Å². The van der Waals surface area contributed by atoms with Crippen LogP contribution in [0.15, 0.2) is 12.2 Å². The van der Waals surface area contributed by atoms with Gasteiger partial charge in [-0.05, 0) is 25.3 Å². The van der Waals surface area contributed by atoms with Crippen molar-refractivity contribution in [3.05, 3.63) is 12.2 Å². The van der Waals surface area contributed by atoms with Crippen LogP contribution in [0.25, 0.3) is 0 Å². The summed E-state index contributed by atoms with van der Waals surface area (Å²) in [4.78, 5) is 11.3. The molecule has 0 bridgehead atoms. The van der Waals surface area contributed by atoms with Crippen LogP contribution in [0.1, 0.15) is 40.0 Å². The van der Waals surface area contributed by atoms with E-state index in [9.17, 15) is 4.79 Å². The van der Waals surface area contributed by atoms with Gasteiger partial charge in [-0.3, -0.25) is 4.79 Å². The van der Waals surface area contributed by atoms with Gasteiger partial charge in [0.15, 0.2) is 5.78 Å². The summed E-state index contributed by atoms with van der Waals surface area (Å²) in [6.07, 6.45) is 6.52. The Labute approximate surface area is 69.5 Å².